The van der Waals surface area contributed by atoms with Crippen LogP contribution >= 0.6 is 0 Å². The summed E-state index contributed by atoms with van der Waals surface area (Å²) in [6.45, 7) is 2.91. The molecule has 0 aromatic carbocycles. The van der Waals surface area contributed by atoms with Crippen LogP contribution in [0.15, 0.2) is 23.2 Å². The number of aromatic nitrogens is 2. The standard InChI is InChI=1S/C16H18F4N4O3S/c1-8-5-10(6-12(17)21-8)22-15(25)14-13(18)11(7-24(14)4)28(26,27)23-9(2)16(3,19)20/h5-7,9,23H,1-4H3,(H,21,22,25). The SMILES string of the molecule is Cc1cc(NC(=O)c2c(F)c(S(=O)(=O)NC(C)C(C)(F)F)cn2C)cc(F)n1. The molecule has 28 heavy (non-hydrogen) atoms. The summed E-state index contributed by atoms with van der Waals surface area (Å²) in [6, 6.07) is 0.416. The highest BCUT2D eigenvalue weighted by Gasteiger charge is 2.36. The van der Waals surface area contributed by atoms with Crippen molar-refractivity contribution in [1.29, 1.82) is 0 Å². The summed E-state index contributed by atoms with van der Waals surface area (Å²) in [6.07, 6.45) is 0.783. The minimum absolute atomic E-state index is 0.0163. The van der Waals surface area contributed by atoms with E-state index in [1.165, 1.54) is 20.0 Å². The van der Waals surface area contributed by atoms with E-state index in [0.717, 1.165) is 23.8 Å². The van der Waals surface area contributed by atoms with E-state index in [4.69, 9.17) is 0 Å². The van der Waals surface area contributed by atoms with Crippen LogP contribution in [0, 0.1) is 18.7 Å². The topological polar surface area (TPSA) is 93.1 Å². The number of hydrogen-bond acceptors (Lipinski definition) is 4. The van der Waals surface area contributed by atoms with E-state index in [0.29, 0.717) is 6.92 Å². The van der Waals surface area contributed by atoms with Crippen LogP contribution in [0.3, 0.4) is 0 Å². The normalized spacial score (nSPS) is 13.4. The van der Waals surface area contributed by atoms with E-state index < -0.39 is 50.2 Å². The predicted octanol–water partition coefficient (Wildman–Crippen LogP) is 2.58. The van der Waals surface area contributed by atoms with Crippen molar-refractivity contribution in [3.8, 4) is 0 Å². The van der Waals surface area contributed by atoms with Gasteiger partial charge in [-0.05, 0) is 19.9 Å². The lowest BCUT2D eigenvalue weighted by atomic mass is 10.2. The van der Waals surface area contributed by atoms with Crippen LogP contribution in [0.1, 0.15) is 30.0 Å². The third-order valence-corrected chi connectivity index (χ3v) is 5.39. The van der Waals surface area contributed by atoms with E-state index in [2.05, 4.69) is 10.3 Å². The van der Waals surface area contributed by atoms with Gasteiger partial charge in [0.2, 0.25) is 16.0 Å². The van der Waals surface area contributed by atoms with E-state index in [1.54, 1.807) is 4.72 Å². The molecule has 1 unspecified atom stereocenters. The molecule has 1 atom stereocenters. The number of rotatable bonds is 6. The van der Waals surface area contributed by atoms with Crippen molar-refractivity contribution in [1.82, 2.24) is 14.3 Å². The summed E-state index contributed by atoms with van der Waals surface area (Å²) in [7, 11) is -3.47. The van der Waals surface area contributed by atoms with Gasteiger partial charge in [-0.1, -0.05) is 0 Å². The molecule has 1 amide bonds. The van der Waals surface area contributed by atoms with E-state index in [-0.39, 0.29) is 11.4 Å². The molecule has 0 bridgehead atoms. The maximum Gasteiger partial charge on any atom is 0.275 e. The summed E-state index contributed by atoms with van der Waals surface area (Å²) in [5, 5.41) is 2.24. The van der Waals surface area contributed by atoms with Gasteiger partial charge in [-0.3, -0.25) is 4.79 Å². The predicted molar refractivity (Wildman–Crippen MR) is 92.7 cm³/mol. The number of nitrogens with zero attached hydrogens (tertiary/aromatic N) is 2. The molecule has 0 radical (unpaired) electrons. The molecular weight excluding hydrogens is 404 g/mol. The molecule has 7 nitrogen and oxygen atoms in total. The maximum atomic E-state index is 14.7. The van der Waals surface area contributed by atoms with Crippen molar-refractivity contribution >= 4 is 21.6 Å². The summed E-state index contributed by atoms with van der Waals surface area (Å²) in [4.78, 5) is 14.9. The number of hydrogen-bond donors (Lipinski definition) is 2. The van der Waals surface area contributed by atoms with Gasteiger partial charge >= 0.3 is 0 Å². The van der Waals surface area contributed by atoms with Crippen molar-refractivity contribution in [3.05, 3.63) is 41.5 Å². The molecule has 12 heteroatoms. The first-order valence-corrected chi connectivity index (χ1v) is 9.41. The van der Waals surface area contributed by atoms with Crippen molar-refractivity contribution < 1.29 is 30.8 Å². The Morgan fingerprint density at radius 1 is 1.29 bits per heavy atom. The molecule has 2 aromatic heterocycles. The Labute approximate surface area is 158 Å². The first-order chi connectivity index (χ1) is 12.7. The molecule has 0 spiro atoms. The Bertz CT molecular complexity index is 995. The molecule has 2 rings (SSSR count). The highest BCUT2D eigenvalue weighted by atomic mass is 32.2. The minimum atomic E-state index is -4.67. The van der Waals surface area contributed by atoms with E-state index >= 15 is 0 Å². The van der Waals surface area contributed by atoms with Gasteiger partial charge in [-0.2, -0.15) is 4.39 Å². The zero-order valence-corrected chi connectivity index (χ0v) is 16.2. The van der Waals surface area contributed by atoms with E-state index in [9.17, 15) is 30.8 Å². The van der Waals surface area contributed by atoms with Crippen LogP contribution in [0.4, 0.5) is 23.2 Å². The second-order valence-corrected chi connectivity index (χ2v) is 8.02. The van der Waals surface area contributed by atoms with Gasteiger partial charge in [0.05, 0.1) is 6.04 Å². The Kier molecular flexibility index (Phi) is 5.85. The second-order valence-electron chi connectivity index (χ2n) is 6.34. The monoisotopic (exact) mass is 422 g/mol. The fourth-order valence-corrected chi connectivity index (χ4v) is 3.73. The molecule has 0 aliphatic rings. The van der Waals surface area contributed by atoms with Gasteiger partial charge < -0.3 is 9.88 Å². The zero-order valence-electron chi connectivity index (χ0n) is 15.3. The van der Waals surface area contributed by atoms with Crippen LogP contribution in [0.5, 0.6) is 0 Å². The first kappa shape index (κ1) is 21.8. The fraction of sp³-hybridized carbons (Fsp3) is 0.375. The number of nitrogens with one attached hydrogen (secondary N) is 2. The number of aryl methyl sites for hydroxylation is 2. The number of halogens is 4. The summed E-state index contributed by atoms with van der Waals surface area (Å²) in [5.74, 6) is -6.74. The number of anilines is 1. The molecule has 0 aliphatic heterocycles. The number of pyridine rings is 1. The van der Waals surface area contributed by atoms with Crippen LogP contribution in [-0.4, -0.2) is 35.8 Å². The Morgan fingerprint density at radius 2 is 1.89 bits per heavy atom. The number of carbonyl (C=O) groups is 1. The largest absolute Gasteiger partial charge is 0.343 e. The average molecular weight is 422 g/mol. The molecule has 0 fully saturated rings. The van der Waals surface area contributed by atoms with Crippen molar-refractivity contribution in [2.75, 3.05) is 5.32 Å². The quantitative estimate of drug-likeness (QED) is 0.553. The fourth-order valence-electron chi connectivity index (χ4n) is 2.31. The lowest BCUT2D eigenvalue weighted by Gasteiger charge is -2.20. The van der Waals surface area contributed by atoms with Gasteiger partial charge in [-0.15, -0.1) is 0 Å². The molecular formula is C16H18F4N4O3S. The molecule has 0 aliphatic carbocycles. The van der Waals surface area contributed by atoms with Crippen molar-refractivity contribution in [2.24, 2.45) is 7.05 Å². The van der Waals surface area contributed by atoms with Crippen molar-refractivity contribution in [2.45, 2.75) is 37.6 Å². The third kappa shape index (κ3) is 4.68. The lowest BCUT2D eigenvalue weighted by molar-refractivity contribution is -0.00490. The molecule has 154 valence electrons. The van der Waals surface area contributed by atoms with Crippen LogP contribution < -0.4 is 10.0 Å². The van der Waals surface area contributed by atoms with Crippen LogP contribution in [-0.2, 0) is 17.1 Å². The highest BCUT2D eigenvalue weighted by molar-refractivity contribution is 7.89. The smallest absolute Gasteiger partial charge is 0.275 e. The molecule has 2 N–H and O–H groups in total. The highest BCUT2D eigenvalue weighted by Crippen LogP contribution is 2.24. The van der Waals surface area contributed by atoms with Crippen molar-refractivity contribution in [3.63, 3.8) is 0 Å². The van der Waals surface area contributed by atoms with Gasteiger partial charge in [0.15, 0.2) is 5.82 Å². The summed E-state index contributed by atoms with van der Waals surface area (Å²) < 4.78 is 81.6. The van der Waals surface area contributed by atoms with Gasteiger partial charge in [-0.25, -0.2) is 31.3 Å². The number of carbonyl (C=O) groups excluding carboxylic acids is 1. The third-order valence-electron chi connectivity index (χ3n) is 3.86. The zero-order chi connectivity index (χ0) is 21.4. The number of sulfonamides is 1. The first-order valence-electron chi connectivity index (χ1n) is 7.93. The number of alkyl halides is 2. The van der Waals surface area contributed by atoms with Gasteiger partial charge in [0, 0.05) is 37.6 Å². The number of amides is 1. The van der Waals surface area contributed by atoms with E-state index in [1.807, 2.05) is 0 Å². The second kappa shape index (κ2) is 7.51. The lowest BCUT2D eigenvalue weighted by Crippen LogP contribution is -2.43. The van der Waals surface area contributed by atoms with Crippen LogP contribution in [0.25, 0.3) is 0 Å². The van der Waals surface area contributed by atoms with Gasteiger partial charge in [0.1, 0.15) is 10.6 Å². The minimum Gasteiger partial charge on any atom is -0.343 e. The van der Waals surface area contributed by atoms with Gasteiger partial charge in [0.25, 0.3) is 11.8 Å². The molecule has 2 aromatic rings. The summed E-state index contributed by atoms with van der Waals surface area (Å²) >= 11 is 0. The molecule has 0 saturated carbocycles. The Morgan fingerprint density at radius 3 is 2.43 bits per heavy atom. The molecule has 2 heterocycles. The Hall–Kier alpha value is -2.47. The summed E-state index contributed by atoms with van der Waals surface area (Å²) in [5.41, 5.74) is -0.437. The Balaban J connectivity index is 2.36. The molecule has 0 saturated heterocycles. The van der Waals surface area contributed by atoms with Crippen LogP contribution in [0.2, 0.25) is 0 Å². The average Bonchev–Trinajstić information content (AvgIpc) is 2.80. The maximum absolute atomic E-state index is 14.7.